The standard InChI is InChI=1S/C5H11N2.Al/c1-7-4-2-6-3-5-7;/h2-5H2,1H3;/q-1;+3. The Morgan fingerprint density at radius 1 is 1.12 bits per heavy atom. The molecule has 0 unspecified atom stereocenters. The fourth-order valence-electron chi connectivity index (χ4n) is 0.822. The van der Waals surface area contributed by atoms with Gasteiger partial charge in [0.15, 0.2) is 0 Å². The molecule has 1 fully saturated rings. The van der Waals surface area contributed by atoms with E-state index in [1.54, 1.807) is 0 Å². The van der Waals surface area contributed by atoms with Crippen LogP contribution >= 0.6 is 0 Å². The predicted octanol–water partition coefficient (Wildman–Crippen LogP) is -0.683. The van der Waals surface area contributed by atoms with Gasteiger partial charge in [-0.15, -0.1) is 0 Å². The maximum absolute atomic E-state index is 2.73. The van der Waals surface area contributed by atoms with Crippen LogP contribution in [0.5, 0.6) is 0 Å². The van der Waals surface area contributed by atoms with E-state index in [4.69, 9.17) is 0 Å². The molecule has 1 aliphatic rings. The van der Waals surface area contributed by atoms with Gasteiger partial charge < -0.3 is 0 Å². The Morgan fingerprint density at radius 3 is 2.00 bits per heavy atom. The molecule has 0 atom stereocenters. The molecule has 0 spiro atoms. The van der Waals surface area contributed by atoms with E-state index in [0.717, 1.165) is 0 Å². The molecule has 8 heavy (non-hydrogen) atoms. The first kappa shape index (κ1) is 6.57. The van der Waals surface area contributed by atoms with Crippen molar-refractivity contribution >= 4 is 16.5 Å². The van der Waals surface area contributed by atoms with Crippen molar-refractivity contribution in [3.63, 3.8) is 0 Å². The molecule has 0 aliphatic carbocycles. The second-order valence-electron chi connectivity index (χ2n) is 2.34. The second-order valence-corrected chi connectivity index (χ2v) is 3.07. The third kappa shape index (κ3) is 1.76. The normalized spacial score (nSPS) is 26.4. The summed E-state index contributed by atoms with van der Waals surface area (Å²) in [6, 6.07) is 0. The molecule has 0 bridgehead atoms. The van der Waals surface area contributed by atoms with E-state index in [1.165, 1.54) is 26.2 Å². The third-order valence-electron chi connectivity index (χ3n) is 1.54. The van der Waals surface area contributed by atoms with Crippen LogP contribution in [0.25, 0.3) is 0 Å². The molecular formula is C5H11AlN2+2. The van der Waals surface area contributed by atoms with E-state index < -0.39 is 0 Å². The molecule has 0 radical (unpaired) electrons. The van der Waals surface area contributed by atoms with Gasteiger partial charge in [-0.05, 0) is 0 Å². The van der Waals surface area contributed by atoms with Crippen LogP contribution in [0.1, 0.15) is 0 Å². The van der Waals surface area contributed by atoms with Crippen molar-refractivity contribution in [1.82, 2.24) is 8.78 Å². The van der Waals surface area contributed by atoms with E-state index in [9.17, 15) is 0 Å². The molecular weight excluding hydrogens is 115 g/mol. The summed E-state index contributed by atoms with van der Waals surface area (Å²) in [5.41, 5.74) is 0. The Hall–Kier alpha value is 0.452. The summed E-state index contributed by atoms with van der Waals surface area (Å²) >= 11 is 2.73. The molecule has 0 N–H and O–H groups in total. The van der Waals surface area contributed by atoms with E-state index >= 15 is 0 Å². The second kappa shape index (κ2) is 2.84. The van der Waals surface area contributed by atoms with Crippen molar-refractivity contribution in [1.29, 1.82) is 0 Å². The monoisotopic (exact) mass is 126 g/mol. The van der Waals surface area contributed by atoms with Crippen LogP contribution in [0.4, 0.5) is 0 Å². The summed E-state index contributed by atoms with van der Waals surface area (Å²) in [7, 11) is 2.16. The van der Waals surface area contributed by atoms with Gasteiger partial charge >= 0.3 is 58.5 Å². The van der Waals surface area contributed by atoms with Gasteiger partial charge in [0.1, 0.15) is 0 Å². The van der Waals surface area contributed by atoms with Gasteiger partial charge in [0.2, 0.25) is 0 Å². The van der Waals surface area contributed by atoms with Crippen LogP contribution in [-0.2, 0) is 0 Å². The molecule has 0 aromatic rings. The zero-order valence-electron chi connectivity index (χ0n) is 5.30. The van der Waals surface area contributed by atoms with Crippen LogP contribution in [-0.4, -0.2) is 58.5 Å². The van der Waals surface area contributed by atoms with Crippen molar-refractivity contribution in [2.24, 2.45) is 0 Å². The van der Waals surface area contributed by atoms with Crippen LogP contribution < -0.4 is 0 Å². The Morgan fingerprint density at radius 2 is 1.62 bits per heavy atom. The van der Waals surface area contributed by atoms with Crippen LogP contribution in [0, 0.1) is 0 Å². The summed E-state index contributed by atoms with van der Waals surface area (Å²) in [6.07, 6.45) is 0. The topological polar surface area (TPSA) is 6.48 Å². The average molecular weight is 126 g/mol. The van der Waals surface area contributed by atoms with Gasteiger partial charge in [0.25, 0.3) is 0 Å². The first-order valence-electron chi connectivity index (χ1n) is 2.97. The molecule has 1 rings (SSSR count). The fraction of sp³-hybridized carbons (Fsp3) is 1.00. The van der Waals surface area contributed by atoms with Crippen molar-refractivity contribution in [2.75, 3.05) is 33.2 Å². The Labute approximate surface area is 59.1 Å². The number of piperazine rings is 1. The molecule has 2 nitrogen and oxygen atoms in total. The summed E-state index contributed by atoms with van der Waals surface area (Å²) in [4.78, 5) is 2.35. The molecule has 0 amide bonds. The summed E-state index contributed by atoms with van der Waals surface area (Å²) < 4.78 is 2.28. The number of hydrogen-bond acceptors (Lipinski definition) is 2. The van der Waals surface area contributed by atoms with Gasteiger partial charge in [-0.25, -0.2) is 0 Å². The average Bonchev–Trinajstić information content (AvgIpc) is 1.77. The predicted molar refractivity (Wildman–Crippen MR) is 34.8 cm³/mol. The Kier molecular flexibility index (Phi) is 2.33. The third-order valence-corrected chi connectivity index (χ3v) is 2.05. The molecule has 1 saturated heterocycles. The molecule has 0 aromatic heterocycles. The van der Waals surface area contributed by atoms with E-state index in [1.807, 2.05) is 0 Å². The summed E-state index contributed by atoms with van der Waals surface area (Å²) in [5.74, 6) is 0. The quantitative estimate of drug-likeness (QED) is 0.397. The minimum atomic E-state index is 1.20. The first-order chi connectivity index (χ1) is 3.79. The van der Waals surface area contributed by atoms with Gasteiger partial charge in [-0.3, -0.25) is 0 Å². The zero-order chi connectivity index (χ0) is 5.98. The molecule has 42 valence electrons. The van der Waals surface area contributed by atoms with Gasteiger partial charge in [0, 0.05) is 0 Å². The molecule has 0 saturated carbocycles. The maximum atomic E-state index is 2.73. The SMILES string of the molecule is CN1CC[N]([Al+2])CC1. The number of rotatable bonds is 0. The van der Waals surface area contributed by atoms with Crippen LogP contribution in [0.2, 0.25) is 0 Å². The number of nitrogens with zero attached hydrogens (tertiary/aromatic N) is 2. The van der Waals surface area contributed by atoms with E-state index in [2.05, 4.69) is 32.3 Å². The molecule has 1 aliphatic heterocycles. The van der Waals surface area contributed by atoms with Gasteiger partial charge in [-0.1, -0.05) is 0 Å². The van der Waals surface area contributed by atoms with Crippen molar-refractivity contribution < 1.29 is 0 Å². The van der Waals surface area contributed by atoms with Crippen LogP contribution in [0.15, 0.2) is 0 Å². The zero-order valence-corrected chi connectivity index (χ0v) is 6.45. The first-order valence-corrected chi connectivity index (χ1v) is 3.49. The van der Waals surface area contributed by atoms with E-state index in [0.29, 0.717) is 0 Å². The van der Waals surface area contributed by atoms with Crippen LogP contribution in [0.3, 0.4) is 0 Å². The van der Waals surface area contributed by atoms with Crippen molar-refractivity contribution in [3.8, 4) is 0 Å². The van der Waals surface area contributed by atoms with Crippen molar-refractivity contribution in [3.05, 3.63) is 0 Å². The van der Waals surface area contributed by atoms with E-state index in [-0.39, 0.29) is 0 Å². The molecule has 1 heterocycles. The molecule has 3 heteroatoms. The Balaban J connectivity index is 2.19. The number of likely N-dealkylation sites (N-methyl/N-ethyl adjacent to an activating group) is 1. The summed E-state index contributed by atoms with van der Waals surface area (Å²) in [6.45, 7) is 4.81. The van der Waals surface area contributed by atoms with Gasteiger partial charge in [0.05, 0.1) is 0 Å². The minimum absolute atomic E-state index is 1.20. The molecule has 0 aromatic carbocycles. The number of hydrogen-bond donors (Lipinski definition) is 0. The summed E-state index contributed by atoms with van der Waals surface area (Å²) in [5, 5.41) is 0. The van der Waals surface area contributed by atoms with Crippen molar-refractivity contribution in [2.45, 2.75) is 0 Å². The fourth-order valence-corrected chi connectivity index (χ4v) is 1.05. The Bertz CT molecular complexity index is 58.8. The van der Waals surface area contributed by atoms with Gasteiger partial charge in [-0.2, -0.15) is 0 Å².